The summed E-state index contributed by atoms with van der Waals surface area (Å²) in [7, 11) is 3.11. The maximum atomic E-state index is 5.84. The van der Waals surface area contributed by atoms with Crippen LogP contribution in [0.15, 0.2) is 18.2 Å². The summed E-state index contributed by atoms with van der Waals surface area (Å²) in [6.07, 6.45) is 0. The molecule has 0 spiro atoms. The van der Waals surface area contributed by atoms with Gasteiger partial charge in [-0.05, 0) is 18.2 Å². The van der Waals surface area contributed by atoms with Gasteiger partial charge >= 0.3 is 0 Å². The van der Waals surface area contributed by atoms with Gasteiger partial charge in [0.25, 0.3) is 0 Å². The number of ether oxygens (including phenoxy) is 1. The van der Waals surface area contributed by atoms with Crippen LogP contribution in [0.1, 0.15) is 0 Å². The molecule has 4 heteroatoms. The van der Waals surface area contributed by atoms with Crippen LogP contribution in [0.5, 0.6) is 5.75 Å². The molecule has 0 unspecified atom stereocenters. The molecule has 0 saturated carbocycles. The van der Waals surface area contributed by atoms with Crippen molar-refractivity contribution < 1.29 is 9.57 Å². The fourth-order valence-corrected chi connectivity index (χ4v) is 1.11. The molecule has 1 rings (SSSR count). The quantitative estimate of drug-likeness (QED) is 0.737. The van der Waals surface area contributed by atoms with Crippen LogP contribution in [0.2, 0.25) is 5.02 Å². The number of nitrogens with one attached hydrogen (secondary N) is 1. The van der Waals surface area contributed by atoms with Crippen molar-refractivity contribution >= 4 is 17.3 Å². The van der Waals surface area contributed by atoms with Crippen molar-refractivity contribution in [3.8, 4) is 5.75 Å². The molecule has 0 aliphatic carbocycles. The molecular weight excluding hydrogens is 178 g/mol. The molecule has 0 heterocycles. The number of benzene rings is 1. The number of halogens is 1. The van der Waals surface area contributed by atoms with E-state index in [4.69, 9.17) is 21.2 Å². The first kappa shape index (κ1) is 9.16. The first-order valence-electron chi connectivity index (χ1n) is 3.40. The van der Waals surface area contributed by atoms with Gasteiger partial charge in [-0.3, -0.25) is 10.3 Å². The van der Waals surface area contributed by atoms with Crippen molar-refractivity contribution in [1.82, 2.24) is 0 Å². The van der Waals surface area contributed by atoms with E-state index in [1.165, 1.54) is 7.11 Å². The van der Waals surface area contributed by atoms with Crippen LogP contribution in [0.4, 0.5) is 5.69 Å². The average Bonchev–Trinajstić information content (AvgIpc) is 2.05. The Hall–Kier alpha value is -0.930. The van der Waals surface area contributed by atoms with Gasteiger partial charge in [-0.2, -0.15) is 0 Å². The molecule has 0 atom stereocenters. The van der Waals surface area contributed by atoms with Gasteiger partial charge in [-0.1, -0.05) is 11.6 Å². The van der Waals surface area contributed by atoms with E-state index in [-0.39, 0.29) is 0 Å². The van der Waals surface area contributed by atoms with Crippen molar-refractivity contribution in [3.05, 3.63) is 23.2 Å². The summed E-state index contributed by atoms with van der Waals surface area (Å²) >= 11 is 5.84. The molecule has 0 aliphatic rings. The predicted molar refractivity (Wildman–Crippen MR) is 48.6 cm³/mol. The normalized spacial score (nSPS) is 9.58. The van der Waals surface area contributed by atoms with Gasteiger partial charge in [0.05, 0.1) is 24.9 Å². The molecule has 3 nitrogen and oxygen atoms in total. The van der Waals surface area contributed by atoms with Crippen molar-refractivity contribution in [2.45, 2.75) is 0 Å². The third kappa shape index (κ3) is 2.03. The molecule has 1 aromatic rings. The molecule has 12 heavy (non-hydrogen) atoms. The van der Waals surface area contributed by atoms with Crippen LogP contribution in [0.3, 0.4) is 0 Å². The second-order valence-corrected chi connectivity index (χ2v) is 2.56. The fourth-order valence-electron chi connectivity index (χ4n) is 0.848. The third-order valence-corrected chi connectivity index (χ3v) is 1.67. The average molecular weight is 188 g/mol. The highest BCUT2D eigenvalue weighted by molar-refractivity contribution is 6.32. The van der Waals surface area contributed by atoms with Crippen molar-refractivity contribution in [1.29, 1.82) is 0 Å². The molecule has 0 fully saturated rings. The Morgan fingerprint density at radius 1 is 1.33 bits per heavy atom. The summed E-state index contributed by atoms with van der Waals surface area (Å²) in [5.74, 6) is 0.651. The lowest BCUT2D eigenvalue weighted by molar-refractivity contribution is 0.271. The topological polar surface area (TPSA) is 30.5 Å². The monoisotopic (exact) mass is 187 g/mol. The fraction of sp³-hybridized carbons (Fsp3) is 0.250. The first-order chi connectivity index (χ1) is 5.77. The van der Waals surface area contributed by atoms with Crippen LogP contribution in [0.25, 0.3) is 0 Å². The summed E-state index contributed by atoms with van der Waals surface area (Å²) in [6.45, 7) is 0. The smallest absolute Gasteiger partial charge is 0.137 e. The van der Waals surface area contributed by atoms with Gasteiger partial charge in [0.1, 0.15) is 5.75 Å². The number of anilines is 1. The Kier molecular flexibility index (Phi) is 3.19. The van der Waals surface area contributed by atoms with Gasteiger partial charge in [0.15, 0.2) is 0 Å². The van der Waals surface area contributed by atoms with Crippen molar-refractivity contribution in [2.75, 3.05) is 19.7 Å². The number of hydrogen-bond acceptors (Lipinski definition) is 3. The van der Waals surface area contributed by atoms with E-state index in [1.54, 1.807) is 19.2 Å². The van der Waals surface area contributed by atoms with Gasteiger partial charge in [-0.25, -0.2) is 0 Å². The van der Waals surface area contributed by atoms with E-state index in [0.29, 0.717) is 10.8 Å². The minimum atomic E-state index is 0.555. The molecule has 0 aliphatic heterocycles. The largest absolute Gasteiger partial charge is 0.495 e. The highest BCUT2D eigenvalue weighted by Gasteiger charge is 2.00. The highest BCUT2D eigenvalue weighted by atomic mass is 35.5. The van der Waals surface area contributed by atoms with Gasteiger partial charge < -0.3 is 4.74 Å². The Balaban J connectivity index is 2.86. The zero-order valence-corrected chi connectivity index (χ0v) is 7.68. The Morgan fingerprint density at radius 3 is 2.58 bits per heavy atom. The van der Waals surface area contributed by atoms with Gasteiger partial charge in [0, 0.05) is 0 Å². The summed E-state index contributed by atoms with van der Waals surface area (Å²) in [5.41, 5.74) is 3.45. The SMILES string of the molecule is CONc1ccc(OC)c(Cl)c1. The predicted octanol–water partition coefficient (Wildman–Crippen LogP) is 2.32. The lowest BCUT2D eigenvalue weighted by Crippen LogP contribution is -1.95. The summed E-state index contributed by atoms with van der Waals surface area (Å²) in [6, 6.07) is 5.31. The van der Waals surface area contributed by atoms with E-state index >= 15 is 0 Å². The first-order valence-corrected chi connectivity index (χ1v) is 3.78. The zero-order valence-electron chi connectivity index (χ0n) is 6.93. The minimum Gasteiger partial charge on any atom is -0.495 e. The minimum absolute atomic E-state index is 0.555. The molecule has 66 valence electrons. The number of rotatable bonds is 3. The maximum Gasteiger partial charge on any atom is 0.137 e. The summed E-state index contributed by atoms with van der Waals surface area (Å²) < 4.78 is 4.98. The van der Waals surface area contributed by atoms with Crippen LogP contribution in [-0.4, -0.2) is 14.2 Å². The van der Waals surface area contributed by atoms with Gasteiger partial charge in [-0.15, -0.1) is 0 Å². The molecule has 0 aromatic heterocycles. The Morgan fingerprint density at radius 2 is 2.08 bits per heavy atom. The van der Waals surface area contributed by atoms with Crippen LogP contribution < -0.4 is 10.2 Å². The number of methoxy groups -OCH3 is 1. The van der Waals surface area contributed by atoms with Crippen LogP contribution >= 0.6 is 11.6 Å². The third-order valence-electron chi connectivity index (χ3n) is 1.37. The Labute approximate surface area is 76.2 Å². The molecule has 0 amide bonds. The second-order valence-electron chi connectivity index (χ2n) is 2.16. The molecule has 0 bridgehead atoms. The van der Waals surface area contributed by atoms with Crippen LogP contribution in [0, 0.1) is 0 Å². The molecule has 1 aromatic carbocycles. The summed E-state index contributed by atoms with van der Waals surface area (Å²) in [4.78, 5) is 4.71. The number of hydrogen-bond donors (Lipinski definition) is 1. The lowest BCUT2D eigenvalue weighted by atomic mass is 10.3. The molecule has 0 saturated heterocycles. The molecule has 1 N–H and O–H groups in total. The van der Waals surface area contributed by atoms with E-state index in [1.807, 2.05) is 6.07 Å². The van der Waals surface area contributed by atoms with Gasteiger partial charge in [0.2, 0.25) is 0 Å². The molecule has 0 radical (unpaired) electrons. The van der Waals surface area contributed by atoms with E-state index in [9.17, 15) is 0 Å². The standard InChI is InChI=1S/C8H10ClNO2/c1-11-8-4-3-6(10-12-2)5-7(8)9/h3-5,10H,1-2H3. The highest BCUT2D eigenvalue weighted by Crippen LogP contribution is 2.26. The second kappa shape index (κ2) is 4.18. The van der Waals surface area contributed by atoms with Crippen molar-refractivity contribution in [2.24, 2.45) is 0 Å². The zero-order chi connectivity index (χ0) is 8.97. The lowest BCUT2D eigenvalue weighted by Gasteiger charge is -2.06. The maximum absolute atomic E-state index is 5.84. The van der Waals surface area contributed by atoms with Crippen molar-refractivity contribution in [3.63, 3.8) is 0 Å². The van der Waals surface area contributed by atoms with Crippen LogP contribution in [-0.2, 0) is 4.84 Å². The molecular formula is C8H10ClNO2. The van der Waals surface area contributed by atoms with E-state index in [2.05, 4.69) is 5.48 Å². The Bertz CT molecular complexity index is 265. The van der Waals surface area contributed by atoms with E-state index < -0.39 is 0 Å². The van der Waals surface area contributed by atoms with E-state index in [0.717, 1.165) is 5.69 Å². The summed E-state index contributed by atoms with van der Waals surface area (Å²) in [5, 5.41) is 0.555.